The number of anilines is 1. The number of nitrogens with two attached hydrogens (primary N) is 1. The van der Waals surface area contributed by atoms with Gasteiger partial charge in [-0.3, -0.25) is 0 Å². The molecule has 3 N–H and O–H groups in total. The van der Waals surface area contributed by atoms with Crippen molar-refractivity contribution in [2.75, 3.05) is 5.32 Å². The fourth-order valence-corrected chi connectivity index (χ4v) is 1.26. The zero-order chi connectivity index (χ0) is 10.0. The van der Waals surface area contributed by atoms with Gasteiger partial charge in [0.25, 0.3) is 0 Å². The summed E-state index contributed by atoms with van der Waals surface area (Å²) in [5, 5.41) is 3.21. The van der Waals surface area contributed by atoms with Gasteiger partial charge in [0.1, 0.15) is 0 Å². The molecule has 13 heavy (non-hydrogen) atoms. The molecule has 3 nitrogen and oxygen atoms in total. The van der Waals surface area contributed by atoms with Crippen molar-refractivity contribution >= 4 is 23.3 Å². The molecule has 0 saturated carbocycles. The summed E-state index contributed by atoms with van der Waals surface area (Å²) >= 11 is 5.88. The molecule has 0 fully saturated rings. The molecule has 0 aliphatic carbocycles. The van der Waals surface area contributed by atoms with Crippen LogP contribution in [0.15, 0.2) is 12.1 Å². The lowest BCUT2D eigenvalue weighted by atomic mass is 10.1. The highest BCUT2D eigenvalue weighted by Gasteiger charge is 2.05. The van der Waals surface area contributed by atoms with Crippen molar-refractivity contribution in [2.45, 2.75) is 13.8 Å². The van der Waals surface area contributed by atoms with Gasteiger partial charge >= 0.3 is 6.03 Å². The van der Waals surface area contributed by atoms with Crippen molar-refractivity contribution in [3.05, 3.63) is 28.3 Å². The van der Waals surface area contributed by atoms with E-state index in [9.17, 15) is 4.79 Å². The number of carbonyl (C=O) groups excluding carboxylic acids is 1. The highest BCUT2D eigenvalue weighted by molar-refractivity contribution is 6.31. The van der Waals surface area contributed by atoms with Crippen LogP contribution < -0.4 is 11.1 Å². The molecule has 0 atom stereocenters. The monoisotopic (exact) mass is 198 g/mol. The van der Waals surface area contributed by atoms with Gasteiger partial charge in [0.15, 0.2) is 0 Å². The molecule has 1 rings (SSSR count). The molecule has 0 radical (unpaired) electrons. The fourth-order valence-electron chi connectivity index (χ4n) is 1.06. The Morgan fingerprint density at radius 1 is 1.38 bits per heavy atom. The zero-order valence-electron chi connectivity index (χ0n) is 7.52. The maximum absolute atomic E-state index is 10.6. The third-order valence-corrected chi connectivity index (χ3v) is 2.39. The first kappa shape index (κ1) is 9.86. The Labute approximate surface area is 81.9 Å². The molecule has 0 aliphatic rings. The number of primary amides is 1. The summed E-state index contributed by atoms with van der Waals surface area (Å²) in [6.07, 6.45) is 0. The van der Waals surface area contributed by atoms with E-state index in [1.165, 1.54) is 0 Å². The average Bonchev–Trinajstić information content (AvgIpc) is 2.06. The fraction of sp³-hybridized carbons (Fsp3) is 0.222. The van der Waals surface area contributed by atoms with E-state index in [1.54, 1.807) is 12.1 Å². The number of benzene rings is 1. The second-order valence-corrected chi connectivity index (χ2v) is 3.24. The van der Waals surface area contributed by atoms with E-state index in [0.717, 1.165) is 11.1 Å². The zero-order valence-corrected chi connectivity index (χ0v) is 8.27. The van der Waals surface area contributed by atoms with Crippen molar-refractivity contribution in [1.82, 2.24) is 0 Å². The van der Waals surface area contributed by atoms with Crippen LogP contribution in [-0.2, 0) is 0 Å². The first-order valence-electron chi connectivity index (χ1n) is 3.84. The van der Waals surface area contributed by atoms with Crippen LogP contribution >= 0.6 is 11.6 Å². The Morgan fingerprint density at radius 2 is 2.00 bits per heavy atom. The predicted octanol–water partition coefficient (Wildman–Crippen LogP) is 2.45. The average molecular weight is 199 g/mol. The molecule has 0 unspecified atom stereocenters. The first-order valence-corrected chi connectivity index (χ1v) is 4.22. The smallest absolute Gasteiger partial charge is 0.316 e. The van der Waals surface area contributed by atoms with Crippen LogP contribution in [0.1, 0.15) is 11.1 Å². The molecule has 0 bridgehead atoms. The Hall–Kier alpha value is -1.22. The van der Waals surface area contributed by atoms with Gasteiger partial charge in [-0.05, 0) is 37.1 Å². The number of amides is 2. The summed E-state index contributed by atoms with van der Waals surface area (Å²) in [5.41, 5.74) is 7.59. The molecular weight excluding hydrogens is 188 g/mol. The summed E-state index contributed by atoms with van der Waals surface area (Å²) in [5.74, 6) is 0. The molecule has 0 aliphatic heterocycles. The van der Waals surface area contributed by atoms with Gasteiger partial charge in [0, 0.05) is 10.7 Å². The first-order chi connectivity index (χ1) is 6.02. The van der Waals surface area contributed by atoms with E-state index in [2.05, 4.69) is 5.32 Å². The van der Waals surface area contributed by atoms with Gasteiger partial charge in [0.05, 0.1) is 0 Å². The Bertz CT molecular complexity index is 350. The van der Waals surface area contributed by atoms with Crippen molar-refractivity contribution in [3.63, 3.8) is 0 Å². The van der Waals surface area contributed by atoms with E-state index in [0.29, 0.717) is 10.7 Å². The number of carbonyl (C=O) groups is 1. The third-order valence-electron chi connectivity index (χ3n) is 1.98. The van der Waals surface area contributed by atoms with Gasteiger partial charge < -0.3 is 11.1 Å². The lowest BCUT2D eigenvalue weighted by Gasteiger charge is -2.09. The predicted molar refractivity (Wildman–Crippen MR) is 54.1 cm³/mol. The lowest BCUT2D eigenvalue weighted by molar-refractivity contribution is 0.259. The molecule has 0 saturated heterocycles. The van der Waals surface area contributed by atoms with Crippen LogP contribution in [0.5, 0.6) is 0 Å². The minimum atomic E-state index is -0.565. The Morgan fingerprint density at radius 3 is 2.54 bits per heavy atom. The molecule has 4 heteroatoms. The standard InChI is InChI=1S/C9H11ClN2O/c1-5-6(2)8(12-9(11)13)4-3-7(5)10/h3-4H,1-2H3,(H3,11,12,13). The molecular formula is C9H11ClN2O. The Balaban J connectivity index is 3.10. The highest BCUT2D eigenvalue weighted by atomic mass is 35.5. The van der Waals surface area contributed by atoms with Gasteiger partial charge in [-0.1, -0.05) is 11.6 Å². The van der Waals surface area contributed by atoms with Crippen LogP contribution in [0.3, 0.4) is 0 Å². The van der Waals surface area contributed by atoms with Crippen LogP contribution in [0.4, 0.5) is 10.5 Å². The van der Waals surface area contributed by atoms with E-state index in [1.807, 2.05) is 13.8 Å². The lowest BCUT2D eigenvalue weighted by Crippen LogP contribution is -2.20. The topological polar surface area (TPSA) is 55.1 Å². The molecule has 1 aromatic rings. The number of halogens is 1. The van der Waals surface area contributed by atoms with Crippen LogP contribution in [-0.4, -0.2) is 6.03 Å². The minimum absolute atomic E-state index is 0.565. The van der Waals surface area contributed by atoms with E-state index in [-0.39, 0.29) is 0 Å². The number of hydrogen-bond acceptors (Lipinski definition) is 1. The molecule has 0 heterocycles. The SMILES string of the molecule is Cc1c(Cl)ccc(NC(N)=O)c1C. The number of rotatable bonds is 1. The number of urea groups is 1. The maximum atomic E-state index is 10.6. The normalized spacial score (nSPS) is 9.77. The van der Waals surface area contributed by atoms with Crippen LogP contribution in [0, 0.1) is 13.8 Å². The largest absolute Gasteiger partial charge is 0.351 e. The summed E-state index contributed by atoms with van der Waals surface area (Å²) in [6, 6.07) is 2.90. The van der Waals surface area contributed by atoms with Gasteiger partial charge in [-0.15, -0.1) is 0 Å². The number of hydrogen-bond donors (Lipinski definition) is 2. The van der Waals surface area contributed by atoms with Crippen LogP contribution in [0.25, 0.3) is 0 Å². The van der Waals surface area contributed by atoms with Crippen LogP contribution in [0.2, 0.25) is 5.02 Å². The second kappa shape index (κ2) is 3.66. The van der Waals surface area contributed by atoms with Crippen molar-refractivity contribution in [2.24, 2.45) is 5.73 Å². The summed E-state index contributed by atoms with van der Waals surface area (Å²) in [4.78, 5) is 10.6. The Kier molecular flexibility index (Phi) is 2.78. The van der Waals surface area contributed by atoms with Crippen molar-refractivity contribution < 1.29 is 4.79 Å². The summed E-state index contributed by atoms with van der Waals surface area (Å²) in [6.45, 7) is 3.77. The maximum Gasteiger partial charge on any atom is 0.316 e. The molecule has 0 spiro atoms. The summed E-state index contributed by atoms with van der Waals surface area (Å²) < 4.78 is 0. The molecule has 2 amide bonds. The third kappa shape index (κ3) is 2.12. The van der Waals surface area contributed by atoms with Gasteiger partial charge in [-0.25, -0.2) is 4.79 Å². The summed E-state index contributed by atoms with van der Waals surface area (Å²) in [7, 11) is 0. The van der Waals surface area contributed by atoms with Crippen molar-refractivity contribution in [1.29, 1.82) is 0 Å². The quantitative estimate of drug-likeness (QED) is 0.716. The van der Waals surface area contributed by atoms with Crippen molar-refractivity contribution in [3.8, 4) is 0 Å². The minimum Gasteiger partial charge on any atom is -0.351 e. The molecule has 0 aromatic heterocycles. The number of nitrogens with one attached hydrogen (secondary N) is 1. The van der Waals surface area contributed by atoms with E-state index in [4.69, 9.17) is 17.3 Å². The van der Waals surface area contributed by atoms with E-state index < -0.39 is 6.03 Å². The second-order valence-electron chi connectivity index (χ2n) is 2.83. The highest BCUT2D eigenvalue weighted by Crippen LogP contribution is 2.25. The van der Waals surface area contributed by atoms with E-state index >= 15 is 0 Å². The molecule has 70 valence electrons. The van der Waals surface area contributed by atoms with Gasteiger partial charge in [0.2, 0.25) is 0 Å². The van der Waals surface area contributed by atoms with Gasteiger partial charge in [-0.2, -0.15) is 0 Å². The molecule has 1 aromatic carbocycles.